The van der Waals surface area contributed by atoms with Gasteiger partial charge in [0.2, 0.25) is 0 Å². The summed E-state index contributed by atoms with van der Waals surface area (Å²) in [5, 5.41) is 13.5. The van der Waals surface area contributed by atoms with Gasteiger partial charge in [0.05, 0.1) is 17.2 Å². The number of aliphatic hydroxyl groups is 1. The zero-order valence-electron chi connectivity index (χ0n) is 14.0. The van der Waals surface area contributed by atoms with Gasteiger partial charge in [0.1, 0.15) is 5.82 Å². The molecule has 0 atom stereocenters. The van der Waals surface area contributed by atoms with Gasteiger partial charge in [0.25, 0.3) is 10.0 Å². The Labute approximate surface area is 155 Å². The normalized spacial score (nSPS) is 11.6. The number of rotatable bonds is 5. The van der Waals surface area contributed by atoms with Crippen LogP contribution in [0.3, 0.4) is 0 Å². The van der Waals surface area contributed by atoms with Crippen LogP contribution in [0.5, 0.6) is 0 Å². The van der Waals surface area contributed by atoms with Crippen molar-refractivity contribution in [3.8, 4) is 11.3 Å². The van der Waals surface area contributed by atoms with Crippen LogP contribution in [0.15, 0.2) is 72.0 Å². The van der Waals surface area contributed by atoms with E-state index in [0.29, 0.717) is 16.9 Å². The van der Waals surface area contributed by atoms with E-state index in [-0.39, 0.29) is 17.3 Å². The lowest BCUT2D eigenvalue weighted by Crippen LogP contribution is -2.15. The maximum absolute atomic E-state index is 12.7. The molecule has 0 bridgehead atoms. The molecule has 0 fully saturated rings. The number of hydrogen-bond donors (Lipinski definition) is 2. The molecule has 9 heteroatoms. The van der Waals surface area contributed by atoms with Crippen LogP contribution in [0.4, 0.5) is 5.82 Å². The molecule has 0 amide bonds. The molecule has 0 aliphatic rings. The zero-order chi connectivity index (χ0) is 18.9. The lowest BCUT2D eigenvalue weighted by molar-refractivity contribution is 0.282. The van der Waals surface area contributed by atoms with E-state index in [9.17, 15) is 8.42 Å². The Morgan fingerprint density at radius 3 is 2.59 bits per heavy atom. The molecule has 0 radical (unpaired) electrons. The van der Waals surface area contributed by atoms with Crippen molar-refractivity contribution in [1.29, 1.82) is 0 Å². The van der Waals surface area contributed by atoms with Gasteiger partial charge in [-0.1, -0.05) is 12.1 Å². The van der Waals surface area contributed by atoms with E-state index in [0.717, 1.165) is 5.56 Å². The van der Waals surface area contributed by atoms with E-state index in [2.05, 4.69) is 19.8 Å². The van der Waals surface area contributed by atoms with E-state index in [1.54, 1.807) is 36.7 Å². The SMILES string of the molecule is O=S(=O)(Nc1ccnc2cc(-c3cccnc3)nn12)c1ccc(CO)cc1. The van der Waals surface area contributed by atoms with Crippen LogP contribution in [0.2, 0.25) is 0 Å². The fourth-order valence-electron chi connectivity index (χ4n) is 2.60. The van der Waals surface area contributed by atoms with E-state index in [4.69, 9.17) is 5.11 Å². The van der Waals surface area contributed by atoms with Gasteiger partial charge in [0, 0.05) is 30.2 Å². The molecule has 4 aromatic rings. The number of anilines is 1. The largest absolute Gasteiger partial charge is 0.392 e. The number of hydrogen-bond acceptors (Lipinski definition) is 6. The summed E-state index contributed by atoms with van der Waals surface area (Å²) in [7, 11) is -3.82. The summed E-state index contributed by atoms with van der Waals surface area (Å²) in [5.41, 5.74) is 2.57. The average molecular weight is 381 g/mol. The number of sulfonamides is 1. The molecule has 0 spiro atoms. The number of benzene rings is 1. The first-order valence-corrected chi connectivity index (χ1v) is 9.53. The highest BCUT2D eigenvalue weighted by molar-refractivity contribution is 7.92. The number of nitrogens with zero attached hydrogens (tertiary/aromatic N) is 4. The van der Waals surface area contributed by atoms with Crippen LogP contribution < -0.4 is 4.72 Å². The Morgan fingerprint density at radius 2 is 1.89 bits per heavy atom. The van der Waals surface area contributed by atoms with Gasteiger partial charge in [-0.15, -0.1) is 0 Å². The molecule has 0 saturated carbocycles. The summed E-state index contributed by atoms with van der Waals surface area (Å²) in [6.07, 6.45) is 4.85. The van der Waals surface area contributed by atoms with Crippen LogP contribution in [0.25, 0.3) is 16.9 Å². The number of aliphatic hydroxyl groups excluding tert-OH is 1. The van der Waals surface area contributed by atoms with Crippen LogP contribution in [0, 0.1) is 0 Å². The number of nitrogens with one attached hydrogen (secondary N) is 1. The Balaban J connectivity index is 1.72. The van der Waals surface area contributed by atoms with Crippen molar-refractivity contribution in [2.24, 2.45) is 0 Å². The highest BCUT2D eigenvalue weighted by Crippen LogP contribution is 2.22. The summed E-state index contributed by atoms with van der Waals surface area (Å²) in [6.45, 7) is -0.150. The lowest BCUT2D eigenvalue weighted by atomic mass is 10.2. The predicted molar refractivity (Wildman–Crippen MR) is 99.4 cm³/mol. The molecule has 0 saturated heterocycles. The lowest BCUT2D eigenvalue weighted by Gasteiger charge is -2.09. The molecular formula is C18H15N5O3S. The minimum Gasteiger partial charge on any atom is -0.392 e. The molecule has 4 rings (SSSR count). The summed E-state index contributed by atoms with van der Waals surface area (Å²) < 4.78 is 29.3. The molecule has 3 aromatic heterocycles. The first-order chi connectivity index (χ1) is 13.1. The highest BCUT2D eigenvalue weighted by Gasteiger charge is 2.17. The van der Waals surface area contributed by atoms with Crippen LogP contribution in [-0.2, 0) is 16.6 Å². The Hall–Kier alpha value is -3.30. The van der Waals surface area contributed by atoms with E-state index in [1.807, 2.05) is 6.07 Å². The predicted octanol–water partition coefficient (Wildman–Crippen LogP) is 2.08. The van der Waals surface area contributed by atoms with Crippen LogP contribution in [0.1, 0.15) is 5.56 Å². The summed E-state index contributed by atoms with van der Waals surface area (Å²) in [4.78, 5) is 8.39. The standard InChI is InChI=1S/C18H15N5O3S/c24-12-13-3-5-15(6-4-13)27(25,26)22-17-7-9-20-18-10-16(21-23(17)18)14-2-1-8-19-11-14/h1-11,22,24H,12H2. The van der Waals surface area contributed by atoms with Gasteiger partial charge in [0.15, 0.2) is 5.65 Å². The Morgan fingerprint density at radius 1 is 1.07 bits per heavy atom. The molecule has 2 N–H and O–H groups in total. The fraction of sp³-hybridized carbons (Fsp3) is 0.0556. The van der Waals surface area contributed by atoms with Gasteiger partial charge in [-0.3, -0.25) is 9.71 Å². The van der Waals surface area contributed by atoms with E-state index < -0.39 is 10.0 Å². The van der Waals surface area contributed by atoms with Crippen molar-refractivity contribution < 1.29 is 13.5 Å². The van der Waals surface area contributed by atoms with Crippen molar-refractivity contribution in [1.82, 2.24) is 19.6 Å². The first-order valence-electron chi connectivity index (χ1n) is 8.05. The second kappa shape index (κ2) is 6.78. The van der Waals surface area contributed by atoms with E-state index >= 15 is 0 Å². The minimum absolute atomic E-state index is 0.0873. The molecule has 0 aliphatic carbocycles. The second-order valence-electron chi connectivity index (χ2n) is 5.78. The first kappa shape index (κ1) is 17.1. The smallest absolute Gasteiger partial charge is 0.263 e. The third kappa shape index (κ3) is 3.37. The molecule has 27 heavy (non-hydrogen) atoms. The summed E-state index contributed by atoms with van der Waals surface area (Å²) in [6, 6.07) is 13.0. The molecular weight excluding hydrogens is 366 g/mol. The van der Waals surface area contributed by atoms with Gasteiger partial charge in [-0.25, -0.2) is 13.4 Å². The maximum Gasteiger partial charge on any atom is 0.263 e. The van der Waals surface area contributed by atoms with Gasteiger partial charge >= 0.3 is 0 Å². The van der Waals surface area contributed by atoms with Crippen LogP contribution >= 0.6 is 0 Å². The summed E-state index contributed by atoms with van der Waals surface area (Å²) >= 11 is 0. The molecule has 3 heterocycles. The monoisotopic (exact) mass is 381 g/mol. The van der Waals surface area contributed by atoms with Crippen molar-refractivity contribution in [3.05, 3.63) is 72.7 Å². The highest BCUT2D eigenvalue weighted by atomic mass is 32.2. The third-order valence-electron chi connectivity index (χ3n) is 3.97. The van der Waals surface area contributed by atoms with Crippen molar-refractivity contribution >= 4 is 21.5 Å². The molecule has 1 aromatic carbocycles. The zero-order valence-corrected chi connectivity index (χ0v) is 14.8. The number of fused-ring (bicyclic) bond motifs is 1. The molecule has 8 nitrogen and oxygen atoms in total. The number of aromatic nitrogens is 4. The topological polar surface area (TPSA) is 109 Å². The van der Waals surface area contributed by atoms with E-state index in [1.165, 1.54) is 28.9 Å². The quantitative estimate of drug-likeness (QED) is 0.548. The Bertz CT molecular complexity index is 1190. The van der Waals surface area contributed by atoms with Crippen molar-refractivity contribution in [2.75, 3.05) is 4.72 Å². The van der Waals surface area contributed by atoms with Crippen molar-refractivity contribution in [3.63, 3.8) is 0 Å². The van der Waals surface area contributed by atoms with Gasteiger partial charge in [-0.05, 0) is 35.9 Å². The molecule has 136 valence electrons. The van der Waals surface area contributed by atoms with Crippen LogP contribution in [-0.4, -0.2) is 33.1 Å². The van der Waals surface area contributed by atoms with Gasteiger partial charge < -0.3 is 5.11 Å². The maximum atomic E-state index is 12.7. The van der Waals surface area contributed by atoms with Crippen molar-refractivity contribution in [2.45, 2.75) is 11.5 Å². The molecule has 0 unspecified atom stereocenters. The number of pyridine rings is 1. The average Bonchev–Trinajstić information content (AvgIpc) is 3.14. The second-order valence-corrected chi connectivity index (χ2v) is 7.46. The Kier molecular flexibility index (Phi) is 4.30. The molecule has 0 aliphatic heterocycles. The fourth-order valence-corrected chi connectivity index (χ4v) is 3.64. The minimum atomic E-state index is -3.82. The van der Waals surface area contributed by atoms with Gasteiger partial charge in [-0.2, -0.15) is 9.61 Å². The summed E-state index contributed by atoms with van der Waals surface area (Å²) in [5.74, 6) is 0.265. The third-order valence-corrected chi connectivity index (χ3v) is 5.34.